The highest BCUT2D eigenvalue weighted by molar-refractivity contribution is 6.28. The van der Waals surface area contributed by atoms with Crippen LogP contribution in [0.4, 0.5) is 4.79 Å². The number of carbonyl (C=O) groups excluding carboxylic acids is 4. The maximum atomic E-state index is 14.2. The zero-order valence-electron chi connectivity index (χ0n) is 22.9. The molecule has 0 bridgehead atoms. The molecule has 1 heterocycles. The van der Waals surface area contributed by atoms with Gasteiger partial charge in [0.05, 0.1) is 6.04 Å². The van der Waals surface area contributed by atoms with E-state index in [-0.39, 0.29) is 23.9 Å². The zero-order valence-corrected chi connectivity index (χ0v) is 22.9. The smallest absolute Gasteiger partial charge is 0.408 e. The molecule has 5 rings (SSSR count). The summed E-state index contributed by atoms with van der Waals surface area (Å²) in [5.41, 5.74) is 2.19. The molecule has 2 N–H and O–H groups in total. The fraction of sp³-hybridized carbons (Fsp3) is 0.312. The van der Waals surface area contributed by atoms with Crippen LogP contribution in [0, 0.1) is 0 Å². The first-order valence-electron chi connectivity index (χ1n) is 13.5. The minimum Gasteiger partial charge on any atom is -0.444 e. The van der Waals surface area contributed by atoms with Crippen molar-refractivity contribution in [2.75, 3.05) is 19.6 Å². The maximum Gasteiger partial charge on any atom is 0.408 e. The first-order valence-corrected chi connectivity index (χ1v) is 13.5. The Hall–Kier alpha value is -4.30. The molecule has 0 spiro atoms. The third-order valence-electron chi connectivity index (χ3n) is 7.14. The number of alkyl carbamates (subject to hydrolysis) is 1. The lowest BCUT2D eigenvalue weighted by Gasteiger charge is -2.40. The first kappa shape index (κ1) is 27.3. The van der Waals surface area contributed by atoms with Crippen molar-refractivity contribution in [2.45, 2.75) is 44.9 Å². The summed E-state index contributed by atoms with van der Waals surface area (Å²) in [6.45, 7) is 6.62. The number of fused-ring (bicyclic) bond motifs is 2. The molecule has 1 unspecified atom stereocenters. The Labute approximate surface area is 233 Å². The maximum absolute atomic E-state index is 14.2. The Morgan fingerprint density at radius 1 is 0.925 bits per heavy atom. The van der Waals surface area contributed by atoms with Gasteiger partial charge in [0.1, 0.15) is 11.6 Å². The molecule has 1 aliphatic carbocycles. The van der Waals surface area contributed by atoms with Crippen LogP contribution in [0.5, 0.6) is 0 Å². The molecule has 1 saturated heterocycles. The number of amides is 2. The van der Waals surface area contributed by atoms with Crippen molar-refractivity contribution in [3.8, 4) is 0 Å². The van der Waals surface area contributed by atoms with Gasteiger partial charge in [0.15, 0.2) is 11.6 Å². The Bertz CT molecular complexity index is 1460. The minimum absolute atomic E-state index is 0.206. The first-order chi connectivity index (χ1) is 19.1. The van der Waals surface area contributed by atoms with Crippen molar-refractivity contribution < 1.29 is 23.9 Å². The van der Waals surface area contributed by atoms with Crippen LogP contribution in [-0.2, 0) is 16.0 Å². The van der Waals surface area contributed by atoms with E-state index in [2.05, 4.69) is 10.6 Å². The van der Waals surface area contributed by atoms with Crippen molar-refractivity contribution in [3.05, 3.63) is 106 Å². The average Bonchev–Trinajstić information content (AvgIpc) is 2.94. The molecule has 2 atom stereocenters. The van der Waals surface area contributed by atoms with Gasteiger partial charge in [-0.2, -0.15) is 0 Å². The lowest BCUT2D eigenvalue weighted by Crippen LogP contribution is -2.56. The highest BCUT2D eigenvalue weighted by Crippen LogP contribution is 2.35. The van der Waals surface area contributed by atoms with Crippen molar-refractivity contribution in [1.82, 2.24) is 15.5 Å². The van der Waals surface area contributed by atoms with Gasteiger partial charge in [0.2, 0.25) is 5.91 Å². The van der Waals surface area contributed by atoms with Gasteiger partial charge in [-0.1, -0.05) is 72.8 Å². The van der Waals surface area contributed by atoms with Crippen LogP contribution in [-0.4, -0.2) is 59.7 Å². The molecule has 3 aromatic carbocycles. The molecule has 1 aliphatic heterocycles. The van der Waals surface area contributed by atoms with E-state index in [1.165, 1.54) is 0 Å². The predicted molar refractivity (Wildman–Crippen MR) is 150 cm³/mol. The third kappa shape index (κ3) is 5.53. The van der Waals surface area contributed by atoms with Crippen molar-refractivity contribution in [2.24, 2.45) is 0 Å². The van der Waals surface area contributed by atoms with E-state index in [1.807, 2.05) is 36.4 Å². The lowest BCUT2D eigenvalue weighted by molar-refractivity contribution is -0.136. The highest BCUT2D eigenvalue weighted by atomic mass is 16.6. The summed E-state index contributed by atoms with van der Waals surface area (Å²) in [6, 6.07) is 20.1. The Balaban J connectivity index is 1.50. The molecule has 8 heteroatoms. The monoisotopic (exact) mass is 539 g/mol. The number of nitrogens with one attached hydrogen (secondary N) is 2. The summed E-state index contributed by atoms with van der Waals surface area (Å²) in [5.74, 6) is -0.720. The van der Waals surface area contributed by atoms with Crippen LogP contribution in [0.3, 0.4) is 0 Å². The predicted octanol–water partition coefficient (Wildman–Crippen LogP) is 4.07. The molecule has 3 aromatic rings. The minimum atomic E-state index is -0.893. The number of benzene rings is 3. The topological polar surface area (TPSA) is 105 Å². The van der Waals surface area contributed by atoms with E-state index in [1.54, 1.807) is 62.1 Å². The van der Waals surface area contributed by atoms with Crippen molar-refractivity contribution in [3.63, 3.8) is 0 Å². The Morgan fingerprint density at radius 3 is 2.27 bits per heavy atom. The highest BCUT2D eigenvalue weighted by Gasteiger charge is 2.38. The fourth-order valence-corrected chi connectivity index (χ4v) is 5.40. The van der Waals surface area contributed by atoms with Gasteiger partial charge in [-0.15, -0.1) is 0 Å². The van der Waals surface area contributed by atoms with Gasteiger partial charge in [0, 0.05) is 48.3 Å². The second kappa shape index (κ2) is 11.1. The molecule has 1 fully saturated rings. The molecule has 2 amide bonds. The van der Waals surface area contributed by atoms with Gasteiger partial charge >= 0.3 is 6.09 Å². The molecule has 0 saturated carbocycles. The fourth-order valence-electron chi connectivity index (χ4n) is 5.40. The van der Waals surface area contributed by atoms with Gasteiger partial charge in [-0.3, -0.25) is 14.4 Å². The second-order valence-corrected chi connectivity index (χ2v) is 11.1. The molecular weight excluding hydrogens is 506 g/mol. The van der Waals surface area contributed by atoms with Crippen LogP contribution in [0.15, 0.2) is 72.8 Å². The van der Waals surface area contributed by atoms with Crippen LogP contribution in [0.2, 0.25) is 0 Å². The normalized spacial score (nSPS) is 17.5. The van der Waals surface area contributed by atoms with Crippen LogP contribution >= 0.6 is 0 Å². The number of ether oxygens (including phenoxy) is 1. The summed E-state index contributed by atoms with van der Waals surface area (Å²) >= 11 is 0. The van der Waals surface area contributed by atoms with E-state index < -0.39 is 23.8 Å². The molecule has 206 valence electrons. The standard InChI is InChI=1S/C32H33N3O5/c1-32(2,3)40-31(39)34-25(18-20-10-5-4-6-11-20)30(38)35-17-16-33-19-26(35)23-14-9-15-24-27(23)29(37)22-13-8-7-12-21(22)28(24)36/h4-15,25-26,33H,16-19H2,1-3H3,(H,34,39)/t25-,26?/m0/s1. The molecule has 8 nitrogen and oxygen atoms in total. The van der Waals surface area contributed by atoms with Gasteiger partial charge in [-0.05, 0) is 31.9 Å². The number of hydrogen-bond acceptors (Lipinski definition) is 6. The van der Waals surface area contributed by atoms with Crippen LogP contribution < -0.4 is 10.6 Å². The van der Waals surface area contributed by atoms with Gasteiger partial charge < -0.3 is 20.3 Å². The summed E-state index contributed by atoms with van der Waals surface area (Å²) in [6.07, 6.45) is -0.407. The number of hydrogen-bond donors (Lipinski definition) is 2. The van der Waals surface area contributed by atoms with E-state index in [9.17, 15) is 19.2 Å². The van der Waals surface area contributed by atoms with E-state index in [0.717, 1.165) is 5.56 Å². The number of piperazine rings is 1. The van der Waals surface area contributed by atoms with E-state index in [4.69, 9.17) is 4.74 Å². The number of nitrogens with zero attached hydrogens (tertiary/aromatic N) is 1. The quantitative estimate of drug-likeness (QED) is 0.396. The summed E-state index contributed by atoms with van der Waals surface area (Å²) in [7, 11) is 0. The summed E-state index contributed by atoms with van der Waals surface area (Å²) < 4.78 is 5.47. The average molecular weight is 540 g/mol. The number of rotatable bonds is 5. The van der Waals surface area contributed by atoms with Crippen LogP contribution in [0.25, 0.3) is 0 Å². The Kier molecular flexibility index (Phi) is 7.54. The van der Waals surface area contributed by atoms with E-state index in [0.29, 0.717) is 47.5 Å². The second-order valence-electron chi connectivity index (χ2n) is 11.1. The molecule has 40 heavy (non-hydrogen) atoms. The molecule has 2 aliphatic rings. The summed E-state index contributed by atoms with van der Waals surface area (Å²) in [5, 5.41) is 6.12. The SMILES string of the molecule is CC(C)(C)OC(=O)N[C@@H](Cc1ccccc1)C(=O)N1CCNCC1c1cccc2c1C(=O)c1ccccc1C2=O. The van der Waals surface area contributed by atoms with Gasteiger partial charge in [-0.25, -0.2) is 4.79 Å². The third-order valence-corrected chi connectivity index (χ3v) is 7.14. The molecular formula is C32H33N3O5. The van der Waals surface area contributed by atoms with E-state index >= 15 is 0 Å². The molecule has 0 aromatic heterocycles. The zero-order chi connectivity index (χ0) is 28.4. The van der Waals surface area contributed by atoms with Crippen LogP contribution in [0.1, 0.15) is 69.8 Å². The van der Waals surface area contributed by atoms with Crippen molar-refractivity contribution in [1.29, 1.82) is 0 Å². The lowest BCUT2D eigenvalue weighted by atomic mass is 9.80. The summed E-state index contributed by atoms with van der Waals surface area (Å²) in [4.78, 5) is 55.7. The Morgan fingerprint density at radius 2 is 1.57 bits per heavy atom. The number of carbonyl (C=O) groups is 4. The number of ketones is 2. The van der Waals surface area contributed by atoms with Gasteiger partial charge in [0.25, 0.3) is 0 Å². The largest absolute Gasteiger partial charge is 0.444 e. The van der Waals surface area contributed by atoms with Crippen molar-refractivity contribution >= 4 is 23.6 Å². The molecule has 0 radical (unpaired) electrons.